The maximum absolute atomic E-state index is 14.5. The molecule has 1 amide bonds. The Morgan fingerprint density at radius 2 is 2.09 bits per heavy atom. The van der Waals surface area contributed by atoms with Crippen LogP contribution in [0.4, 0.5) is 10.4 Å². The van der Waals surface area contributed by atoms with E-state index >= 15 is 0 Å². The van der Waals surface area contributed by atoms with Crippen LogP contribution in [0, 0.1) is 17.1 Å². The van der Waals surface area contributed by atoms with Gasteiger partial charge in [-0.3, -0.25) is 4.79 Å². The Morgan fingerprint density at radius 1 is 1.24 bits per heavy atom. The van der Waals surface area contributed by atoms with Crippen LogP contribution in [-0.2, 0) is 17.9 Å². The predicted octanol–water partition coefficient (Wildman–Crippen LogP) is 4.29. The first-order valence-corrected chi connectivity index (χ1v) is 11.1. The molecule has 0 atom stereocenters. The Kier molecular flexibility index (Phi) is 7.10. The minimum atomic E-state index is -0.599. The lowest BCUT2D eigenvalue weighted by Gasteiger charge is -2.21. The zero-order valence-corrected chi connectivity index (χ0v) is 19.0. The van der Waals surface area contributed by atoms with Crippen molar-refractivity contribution in [1.82, 2.24) is 20.1 Å². The van der Waals surface area contributed by atoms with E-state index in [1.54, 1.807) is 12.1 Å². The van der Waals surface area contributed by atoms with Crippen LogP contribution in [-0.4, -0.2) is 31.7 Å². The van der Waals surface area contributed by atoms with Gasteiger partial charge in [-0.15, -0.1) is 16.9 Å². The van der Waals surface area contributed by atoms with Crippen LogP contribution >= 0.6 is 23.4 Å². The van der Waals surface area contributed by atoms with Crippen LogP contribution in [0.5, 0.6) is 0 Å². The molecule has 2 heterocycles. The van der Waals surface area contributed by atoms with E-state index in [-0.39, 0.29) is 47.8 Å². The van der Waals surface area contributed by atoms with E-state index in [0.717, 1.165) is 11.6 Å². The smallest absolute Gasteiger partial charge is 0.312 e. The van der Waals surface area contributed by atoms with Crippen LogP contribution in [0.25, 0.3) is 11.3 Å². The maximum Gasteiger partial charge on any atom is 0.312 e. The number of nitriles is 1. The van der Waals surface area contributed by atoms with E-state index in [1.165, 1.54) is 41.5 Å². The van der Waals surface area contributed by atoms with E-state index in [9.17, 15) is 9.18 Å². The van der Waals surface area contributed by atoms with Gasteiger partial charge in [-0.05, 0) is 24.3 Å². The highest BCUT2D eigenvalue weighted by molar-refractivity contribution is 8.00. The summed E-state index contributed by atoms with van der Waals surface area (Å²) in [4.78, 5) is 19.3. The van der Waals surface area contributed by atoms with Crippen molar-refractivity contribution in [3.05, 3.63) is 76.9 Å². The number of nitrogens with two attached hydrogens (primary N) is 1. The molecule has 34 heavy (non-hydrogen) atoms. The van der Waals surface area contributed by atoms with Gasteiger partial charge in [0.1, 0.15) is 17.8 Å². The Labute approximate surface area is 202 Å². The maximum atomic E-state index is 14.5. The molecule has 172 valence electrons. The third kappa shape index (κ3) is 5.54. The van der Waals surface area contributed by atoms with E-state index in [4.69, 9.17) is 31.4 Å². The number of carbonyl (C=O) groups excluding carboxylic acids is 1. The largest absolute Gasteiger partial charge is 0.451 e. The molecule has 12 heteroatoms. The van der Waals surface area contributed by atoms with Crippen LogP contribution < -0.4 is 5.73 Å². The van der Waals surface area contributed by atoms with Crippen LogP contribution in [0.2, 0.25) is 5.02 Å². The molecular formula is C22H16ClFN6O3S. The molecule has 0 spiro atoms. The zero-order chi connectivity index (χ0) is 24.1. The summed E-state index contributed by atoms with van der Waals surface area (Å²) in [5, 5.41) is 16.8. The van der Waals surface area contributed by atoms with Gasteiger partial charge in [-0.25, -0.2) is 9.37 Å². The molecule has 4 aromatic rings. The summed E-state index contributed by atoms with van der Waals surface area (Å²) in [6.07, 6.45) is 2.83. The number of oxazole rings is 1. The van der Waals surface area contributed by atoms with E-state index in [0.29, 0.717) is 15.6 Å². The fourth-order valence-corrected chi connectivity index (χ4v) is 4.19. The lowest BCUT2D eigenvalue weighted by Crippen LogP contribution is -2.32. The normalized spacial score (nSPS) is 10.7. The van der Waals surface area contributed by atoms with E-state index in [2.05, 4.69) is 15.2 Å². The first kappa shape index (κ1) is 23.3. The number of thioether (sulfide) groups is 1. The second kappa shape index (κ2) is 10.4. The molecule has 4 rings (SSSR count). The third-order valence-corrected chi connectivity index (χ3v) is 6.20. The molecule has 0 aliphatic carbocycles. The van der Waals surface area contributed by atoms with Gasteiger partial charge >= 0.3 is 6.01 Å². The molecule has 0 radical (unpaired) electrons. The number of nitrogens with zero attached hydrogens (tertiary/aromatic N) is 5. The number of amides is 1. The minimum Gasteiger partial charge on any atom is -0.451 e. The number of anilines is 1. The topological polar surface area (TPSA) is 135 Å². The van der Waals surface area contributed by atoms with Crippen molar-refractivity contribution in [2.45, 2.75) is 18.0 Å². The predicted molar refractivity (Wildman–Crippen MR) is 122 cm³/mol. The Bertz CT molecular complexity index is 1360. The summed E-state index contributed by atoms with van der Waals surface area (Å²) in [5.41, 5.74) is 7.31. The zero-order valence-electron chi connectivity index (χ0n) is 17.4. The highest BCUT2D eigenvalue weighted by Gasteiger charge is 2.20. The Hall–Kier alpha value is -3.88. The average Bonchev–Trinajstić information content (AvgIpc) is 3.51. The van der Waals surface area contributed by atoms with E-state index in [1.807, 2.05) is 12.1 Å². The summed E-state index contributed by atoms with van der Waals surface area (Å²) in [6.45, 7) is -0.151. The highest BCUT2D eigenvalue weighted by Crippen LogP contribution is 2.32. The number of rotatable bonds is 8. The van der Waals surface area contributed by atoms with Gasteiger partial charge in [0.05, 0.1) is 29.0 Å². The summed E-state index contributed by atoms with van der Waals surface area (Å²) in [6, 6.07) is 11.1. The van der Waals surface area contributed by atoms with Crippen molar-refractivity contribution >= 4 is 35.3 Å². The molecular weight excluding hydrogens is 483 g/mol. The van der Waals surface area contributed by atoms with Crippen molar-refractivity contribution in [2.75, 3.05) is 11.5 Å². The van der Waals surface area contributed by atoms with Gasteiger partial charge in [0.25, 0.3) is 0 Å². The first-order chi connectivity index (χ1) is 16.4. The van der Waals surface area contributed by atoms with Crippen LogP contribution in [0.3, 0.4) is 0 Å². The summed E-state index contributed by atoms with van der Waals surface area (Å²) >= 11 is 7.54. The minimum absolute atomic E-state index is 0.00348. The van der Waals surface area contributed by atoms with Crippen LogP contribution in [0.1, 0.15) is 17.0 Å². The number of benzene rings is 2. The molecule has 0 unspecified atom stereocenters. The number of hydrogen-bond acceptors (Lipinski definition) is 9. The Morgan fingerprint density at radius 3 is 2.76 bits per heavy atom. The van der Waals surface area contributed by atoms with Gasteiger partial charge in [0.2, 0.25) is 11.8 Å². The van der Waals surface area contributed by atoms with Crippen molar-refractivity contribution in [3.63, 3.8) is 0 Å². The number of halogens is 2. The fraction of sp³-hybridized carbons (Fsp3) is 0.136. The number of hydrogen-bond donors (Lipinski definition) is 1. The fourth-order valence-electron chi connectivity index (χ4n) is 3.04. The van der Waals surface area contributed by atoms with Gasteiger partial charge in [0.15, 0.2) is 6.39 Å². The van der Waals surface area contributed by atoms with Crippen LogP contribution in [0.15, 0.2) is 62.8 Å². The molecule has 0 saturated carbocycles. The van der Waals surface area contributed by atoms with Crippen molar-refractivity contribution in [3.8, 4) is 17.3 Å². The number of nitrogen functional groups attached to an aromatic ring is 1. The number of aromatic nitrogens is 3. The molecule has 0 bridgehead atoms. The van der Waals surface area contributed by atoms with E-state index < -0.39 is 5.82 Å². The molecule has 0 aliphatic rings. The lowest BCUT2D eigenvalue weighted by atomic mass is 10.1. The standard InChI is InChI=1S/C22H16ClFN6O3S/c23-16-4-3-14(18-10-32-12-27-18)6-19(16)34-11-21(31)30(9-20-28-29-22(26)33-20)8-15-2-1-13(7-25)5-17(15)24/h1-6,10,12H,8-9,11H2,(H2,26,29). The average molecular weight is 499 g/mol. The van der Waals surface area contributed by atoms with Gasteiger partial charge in [-0.2, -0.15) is 5.26 Å². The van der Waals surface area contributed by atoms with Crippen molar-refractivity contribution in [1.29, 1.82) is 5.26 Å². The third-order valence-electron chi connectivity index (χ3n) is 4.72. The SMILES string of the molecule is N#Cc1ccc(CN(Cc2nnc(N)o2)C(=O)CSc2cc(-c3cocn3)ccc2Cl)c(F)c1. The molecule has 0 saturated heterocycles. The highest BCUT2D eigenvalue weighted by atomic mass is 35.5. The summed E-state index contributed by atoms with van der Waals surface area (Å²) in [7, 11) is 0. The van der Waals surface area contributed by atoms with Gasteiger partial charge in [-0.1, -0.05) is 28.8 Å². The van der Waals surface area contributed by atoms with Gasteiger partial charge in [0, 0.05) is 22.6 Å². The second-order valence-corrected chi connectivity index (χ2v) is 8.43. The molecule has 2 aromatic carbocycles. The number of carbonyl (C=O) groups is 1. The molecule has 2 N–H and O–H groups in total. The van der Waals surface area contributed by atoms with Crippen molar-refractivity contribution < 1.29 is 18.0 Å². The van der Waals surface area contributed by atoms with Gasteiger partial charge < -0.3 is 19.5 Å². The first-order valence-electron chi connectivity index (χ1n) is 9.78. The molecule has 2 aromatic heterocycles. The second-order valence-electron chi connectivity index (χ2n) is 7.01. The monoisotopic (exact) mass is 498 g/mol. The lowest BCUT2D eigenvalue weighted by molar-refractivity contribution is -0.129. The molecule has 0 aliphatic heterocycles. The summed E-state index contributed by atoms with van der Waals surface area (Å²) in [5.74, 6) is -0.814. The molecule has 9 nitrogen and oxygen atoms in total. The summed E-state index contributed by atoms with van der Waals surface area (Å²) < 4.78 is 24.7. The quantitative estimate of drug-likeness (QED) is 0.353. The Balaban J connectivity index is 1.52. The molecule has 0 fully saturated rings. The van der Waals surface area contributed by atoms with Crippen molar-refractivity contribution in [2.24, 2.45) is 0 Å².